The smallest absolute Gasteiger partial charge is 0.264 e. The number of halogens is 2. The van der Waals surface area contributed by atoms with E-state index in [0.29, 0.717) is 15.3 Å². The van der Waals surface area contributed by atoms with Gasteiger partial charge in [-0.25, -0.2) is 4.98 Å². The van der Waals surface area contributed by atoms with Crippen LogP contribution >= 0.6 is 38.5 Å². The summed E-state index contributed by atoms with van der Waals surface area (Å²) in [5.74, 6) is 1.09. The van der Waals surface area contributed by atoms with Gasteiger partial charge in [-0.2, -0.15) is 0 Å². The van der Waals surface area contributed by atoms with Gasteiger partial charge in [-0.15, -0.1) is 0 Å². The fraction of sp³-hybridized carbons (Fsp3) is 0.286. The molecule has 2 rings (SSSR count). The highest BCUT2D eigenvalue weighted by Crippen LogP contribution is 2.25. The summed E-state index contributed by atoms with van der Waals surface area (Å²) in [7, 11) is 0. The van der Waals surface area contributed by atoms with E-state index in [1.54, 1.807) is 0 Å². The molecule has 0 bridgehead atoms. The van der Waals surface area contributed by atoms with Crippen LogP contribution in [-0.2, 0) is 6.42 Å². The fourth-order valence-corrected chi connectivity index (χ4v) is 2.76. The van der Waals surface area contributed by atoms with Gasteiger partial charge < -0.3 is 4.98 Å². The fourth-order valence-electron chi connectivity index (χ4n) is 1.81. The molecule has 1 aromatic heterocycles. The van der Waals surface area contributed by atoms with Crippen LogP contribution in [0.5, 0.6) is 0 Å². The predicted molar refractivity (Wildman–Crippen MR) is 89.3 cm³/mol. The van der Waals surface area contributed by atoms with Crippen LogP contribution < -0.4 is 5.56 Å². The zero-order valence-corrected chi connectivity index (χ0v) is 14.4. The van der Waals surface area contributed by atoms with Gasteiger partial charge in [-0.3, -0.25) is 4.79 Å². The van der Waals surface area contributed by atoms with Gasteiger partial charge in [0.05, 0.1) is 9.26 Å². The average Bonchev–Trinajstić information content (AvgIpc) is 2.35. The Morgan fingerprint density at radius 3 is 2.68 bits per heavy atom. The molecule has 1 heterocycles. The number of hydrogen-bond acceptors (Lipinski definition) is 2. The van der Waals surface area contributed by atoms with Gasteiger partial charge in [-0.05, 0) is 41.0 Å². The van der Waals surface area contributed by atoms with Gasteiger partial charge >= 0.3 is 0 Å². The Balaban J connectivity index is 2.57. The Morgan fingerprint density at radius 1 is 1.37 bits per heavy atom. The summed E-state index contributed by atoms with van der Waals surface area (Å²) in [4.78, 5) is 19.5. The first-order chi connectivity index (χ1) is 8.99. The molecule has 19 heavy (non-hydrogen) atoms. The van der Waals surface area contributed by atoms with Crippen LogP contribution in [0.2, 0.25) is 0 Å². The minimum absolute atomic E-state index is 0.0722. The van der Waals surface area contributed by atoms with Crippen LogP contribution in [0.3, 0.4) is 0 Å². The number of nitrogens with one attached hydrogen (secondary N) is 1. The third-order valence-corrected chi connectivity index (χ3v) is 4.47. The highest BCUT2D eigenvalue weighted by molar-refractivity contribution is 14.1. The normalized spacial score (nSPS) is 11.0. The lowest BCUT2D eigenvalue weighted by atomic mass is 10.1. The van der Waals surface area contributed by atoms with Crippen molar-refractivity contribution in [1.29, 1.82) is 0 Å². The van der Waals surface area contributed by atoms with Gasteiger partial charge in [0.1, 0.15) is 5.82 Å². The predicted octanol–water partition coefficient (Wildman–Crippen LogP) is 4.00. The standard InChI is InChI=1S/C14H14BrIN2O/c1-8(2)7-11-12(16)14(19)18-13(17-11)9-5-3-4-6-10(9)15/h3-6,8H,7H2,1-2H3,(H,17,18,19). The van der Waals surface area contributed by atoms with Crippen molar-refractivity contribution in [1.82, 2.24) is 9.97 Å². The lowest BCUT2D eigenvalue weighted by Gasteiger charge is -2.09. The summed E-state index contributed by atoms with van der Waals surface area (Å²) in [6.07, 6.45) is 0.805. The Bertz CT molecular complexity index is 652. The van der Waals surface area contributed by atoms with Crippen molar-refractivity contribution in [2.75, 3.05) is 0 Å². The van der Waals surface area contributed by atoms with E-state index < -0.39 is 0 Å². The van der Waals surface area contributed by atoms with Crippen LogP contribution in [0, 0.1) is 9.49 Å². The number of aromatic nitrogens is 2. The summed E-state index contributed by atoms with van der Waals surface area (Å²) < 4.78 is 1.61. The molecule has 0 amide bonds. The summed E-state index contributed by atoms with van der Waals surface area (Å²) in [5, 5.41) is 0. The first-order valence-corrected chi connectivity index (χ1v) is 7.89. The third kappa shape index (κ3) is 3.45. The minimum atomic E-state index is -0.0722. The molecule has 0 radical (unpaired) electrons. The Morgan fingerprint density at radius 2 is 2.05 bits per heavy atom. The Hall–Kier alpha value is -0.690. The number of nitrogens with zero attached hydrogens (tertiary/aromatic N) is 1. The molecular formula is C14H14BrIN2O. The van der Waals surface area contributed by atoms with E-state index in [9.17, 15) is 4.79 Å². The zero-order valence-electron chi connectivity index (χ0n) is 10.7. The number of benzene rings is 1. The summed E-state index contributed by atoms with van der Waals surface area (Å²) >= 11 is 5.55. The van der Waals surface area contributed by atoms with E-state index in [2.05, 4.69) is 62.3 Å². The van der Waals surface area contributed by atoms with Gasteiger partial charge in [0.2, 0.25) is 0 Å². The SMILES string of the molecule is CC(C)Cc1nc(-c2ccccc2Br)[nH]c(=O)c1I. The molecule has 1 N–H and O–H groups in total. The van der Waals surface area contributed by atoms with E-state index in [4.69, 9.17) is 0 Å². The number of hydrogen-bond donors (Lipinski definition) is 1. The third-order valence-electron chi connectivity index (χ3n) is 2.66. The van der Waals surface area contributed by atoms with Crippen molar-refractivity contribution in [2.24, 2.45) is 5.92 Å². The highest BCUT2D eigenvalue weighted by Gasteiger charge is 2.12. The summed E-state index contributed by atoms with van der Waals surface area (Å²) in [5.41, 5.74) is 1.70. The molecule has 2 aromatic rings. The van der Waals surface area contributed by atoms with Gasteiger partial charge in [0, 0.05) is 10.0 Å². The van der Waals surface area contributed by atoms with Crippen molar-refractivity contribution in [3.63, 3.8) is 0 Å². The van der Waals surface area contributed by atoms with Gasteiger partial charge in [0.15, 0.2) is 0 Å². The molecule has 0 fully saturated rings. The van der Waals surface area contributed by atoms with Crippen LogP contribution in [0.25, 0.3) is 11.4 Å². The molecule has 0 aliphatic carbocycles. The first kappa shape index (κ1) is 14.7. The monoisotopic (exact) mass is 432 g/mol. The Kier molecular flexibility index (Phi) is 4.78. The molecule has 100 valence electrons. The van der Waals surface area contributed by atoms with Crippen molar-refractivity contribution >= 4 is 38.5 Å². The van der Waals surface area contributed by atoms with E-state index in [-0.39, 0.29) is 5.56 Å². The maximum Gasteiger partial charge on any atom is 0.264 e. The zero-order chi connectivity index (χ0) is 14.0. The van der Waals surface area contributed by atoms with E-state index in [1.165, 1.54) is 0 Å². The second-order valence-corrected chi connectivity index (χ2v) is 6.69. The second kappa shape index (κ2) is 6.17. The number of aromatic amines is 1. The molecular weight excluding hydrogens is 419 g/mol. The lowest BCUT2D eigenvalue weighted by molar-refractivity contribution is 0.631. The molecule has 0 aliphatic heterocycles. The van der Waals surface area contributed by atoms with E-state index in [1.807, 2.05) is 24.3 Å². The van der Waals surface area contributed by atoms with Gasteiger partial charge in [-0.1, -0.05) is 48.0 Å². The maximum atomic E-state index is 12.0. The summed E-state index contributed by atoms with van der Waals surface area (Å²) in [6.45, 7) is 4.24. The van der Waals surface area contributed by atoms with E-state index in [0.717, 1.165) is 22.2 Å². The van der Waals surface area contributed by atoms with Crippen LogP contribution in [0.1, 0.15) is 19.5 Å². The Labute approximate surface area is 134 Å². The molecule has 0 spiro atoms. The largest absolute Gasteiger partial charge is 0.306 e. The van der Waals surface area contributed by atoms with E-state index >= 15 is 0 Å². The topological polar surface area (TPSA) is 45.8 Å². The second-order valence-electron chi connectivity index (χ2n) is 4.75. The first-order valence-electron chi connectivity index (χ1n) is 6.02. The minimum Gasteiger partial charge on any atom is -0.306 e. The summed E-state index contributed by atoms with van der Waals surface area (Å²) in [6, 6.07) is 7.75. The van der Waals surface area contributed by atoms with Crippen molar-refractivity contribution in [2.45, 2.75) is 20.3 Å². The maximum absolute atomic E-state index is 12.0. The molecule has 0 aliphatic rings. The van der Waals surface area contributed by atoms with Crippen molar-refractivity contribution in [3.05, 3.63) is 48.4 Å². The molecule has 5 heteroatoms. The number of rotatable bonds is 3. The quantitative estimate of drug-likeness (QED) is 0.745. The van der Waals surface area contributed by atoms with Crippen LogP contribution in [0.4, 0.5) is 0 Å². The van der Waals surface area contributed by atoms with Crippen molar-refractivity contribution < 1.29 is 0 Å². The lowest BCUT2D eigenvalue weighted by Crippen LogP contribution is -2.17. The molecule has 3 nitrogen and oxygen atoms in total. The van der Waals surface area contributed by atoms with Gasteiger partial charge in [0.25, 0.3) is 5.56 Å². The molecule has 0 atom stereocenters. The van der Waals surface area contributed by atoms with Crippen LogP contribution in [0.15, 0.2) is 33.5 Å². The van der Waals surface area contributed by atoms with Crippen LogP contribution in [-0.4, -0.2) is 9.97 Å². The molecule has 0 unspecified atom stereocenters. The van der Waals surface area contributed by atoms with Crippen molar-refractivity contribution in [3.8, 4) is 11.4 Å². The molecule has 0 saturated carbocycles. The molecule has 0 saturated heterocycles. The average molecular weight is 433 g/mol. The highest BCUT2D eigenvalue weighted by atomic mass is 127. The molecule has 1 aromatic carbocycles. The number of H-pyrrole nitrogens is 1.